The summed E-state index contributed by atoms with van der Waals surface area (Å²) in [7, 11) is 0. The number of anilines is 1. The van der Waals surface area contributed by atoms with Gasteiger partial charge in [0, 0.05) is 18.3 Å². The van der Waals surface area contributed by atoms with Gasteiger partial charge in [0.2, 0.25) is 0 Å². The first-order valence-electron chi connectivity index (χ1n) is 5.86. The van der Waals surface area contributed by atoms with Crippen LogP contribution >= 0.6 is 11.6 Å². The summed E-state index contributed by atoms with van der Waals surface area (Å²) in [6.45, 7) is 4.22. The van der Waals surface area contributed by atoms with Crippen molar-refractivity contribution in [3.05, 3.63) is 28.8 Å². The highest BCUT2D eigenvalue weighted by atomic mass is 35.5. The molecule has 0 radical (unpaired) electrons. The van der Waals surface area contributed by atoms with E-state index < -0.39 is 5.97 Å². The Labute approximate surface area is 112 Å². The number of rotatable bonds is 6. The van der Waals surface area contributed by atoms with Gasteiger partial charge < -0.3 is 15.5 Å². The summed E-state index contributed by atoms with van der Waals surface area (Å²) in [5.74, 6) is -0.683. The maximum Gasteiger partial charge on any atom is 0.337 e. The monoisotopic (exact) mass is 271 g/mol. The zero-order valence-electron chi connectivity index (χ0n) is 10.5. The van der Waals surface area contributed by atoms with Crippen molar-refractivity contribution >= 4 is 23.3 Å². The molecular formula is C13H18ClNO3. The van der Waals surface area contributed by atoms with Gasteiger partial charge in [-0.05, 0) is 30.5 Å². The van der Waals surface area contributed by atoms with E-state index in [1.807, 2.05) is 0 Å². The summed E-state index contributed by atoms with van der Waals surface area (Å²) in [6.07, 6.45) is 0.635. The maximum absolute atomic E-state index is 10.8. The molecule has 0 amide bonds. The van der Waals surface area contributed by atoms with Gasteiger partial charge in [0.25, 0.3) is 0 Å². The van der Waals surface area contributed by atoms with Crippen molar-refractivity contribution in [1.29, 1.82) is 0 Å². The minimum Gasteiger partial charge on any atom is -0.478 e. The first-order chi connectivity index (χ1) is 8.45. The van der Waals surface area contributed by atoms with Crippen LogP contribution in [0.1, 0.15) is 30.6 Å². The molecule has 0 saturated carbocycles. The highest BCUT2D eigenvalue weighted by Crippen LogP contribution is 2.23. The topological polar surface area (TPSA) is 69.6 Å². The lowest BCUT2D eigenvalue weighted by Gasteiger charge is -2.23. The number of carbonyl (C=O) groups is 1. The molecule has 4 nitrogen and oxygen atoms in total. The third-order valence-corrected chi connectivity index (χ3v) is 3.11. The number of benzene rings is 1. The predicted octanol–water partition coefficient (Wildman–Crippen LogP) is 2.86. The van der Waals surface area contributed by atoms with Gasteiger partial charge >= 0.3 is 5.97 Å². The van der Waals surface area contributed by atoms with Gasteiger partial charge in [0.05, 0.1) is 10.6 Å². The number of aromatic carboxylic acids is 1. The standard InChI is InChI=1S/C13H18ClNO3/c1-8(2)12(5-6-16)15-9-3-4-10(13(17)18)11(14)7-9/h3-4,7-8,12,15-16H,5-6H2,1-2H3,(H,17,18). The van der Waals surface area contributed by atoms with E-state index in [4.69, 9.17) is 21.8 Å². The Morgan fingerprint density at radius 1 is 1.44 bits per heavy atom. The zero-order valence-corrected chi connectivity index (χ0v) is 11.2. The summed E-state index contributed by atoms with van der Waals surface area (Å²) in [5, 5.41) is 21.3. The summed E-state index contributed by atoms with van der Waals surface area (Å²) < 4.78 is 0. The average Bonchev–Trinajstić information content (AvgIpc) is 2.27. The van der Waals surface area contributed by atoms with Crippen LogP contribution in [0.5, 0.6) is 0 Å². The molecule has 1 atom stereocenters. The van der Waals surface area contributed by atoms with Gasteiger partial charge in [-0.25, -0.2) is 4.79 Å². The molecule has 0 fully saturated rings. The van der Waals surface area contributed by atoms with Crippen molar-refractivity contribution in [2.24, 2.45) is 5.92 Å². The van der Waals surface area contributed by atoms with Crippen molar-refractivity contribution in [3.63, 3.8) is 0 Å². The molecule has 1 aromatic rings. The molecule has 0 bridgehead atoms. The Morgan fingerprint density at radius 3 is 2.56 bits per heavy atom. The highest BCUT2D eigenvalue weighted by Gasteiger charge is 2.14. The van der Waals surface area contributed by atoms with Crippen molar-refractivity contribution in [2.45, 2.75) is 26.3 Å². The molecule has 1 rings (SSSR count). The zero-order chi connectivity index (χ0) is 13.7. The summed E-state index contributed by atoms with van der Waals surface area (Å²) in [4.78, 5) is 10.8. The van der Waals surface area contributed by atoms with E-state index in [0.29, 0.717) is 12.3 Å². The quantitative estimate of drug-likeness (QED) is 0.744. The largest absolute Gasteiger partial charge is 0.478 e. The van der Waals surface area contributed by atoms with Gasteiger partial charge in [-0.3, -0.25) is 0 Å². The predicted molar refractivity (Wildman–Crippen MR) is 72.4 cm³/mol. The summed E-state index contributed by atoms with van der Waals surface area (Å²) in [5.41, 5.74) is 0.850. The van der Waals surface area contributed by atoms with Crippen LogP contribution < -0.4 is 5.32 Å². The minimum atomic E-state index is -1.04. The molecule has 1 aromatic carbocycles. The Balaban J connectivity index is 2.84. The minimum absolute atomic E-state index is 0.0884. The number of halogens is 1. The van der Waals surface area contributed by atoms with Gasteiger partial charge in [-0.2, -0.15) is 0 Å². The smallest absolute Gasteiger partial charge is 0.337 e. The first kappa shape index (κ1) is 14.8. The molecule has 3 N–H and O–H groups in total. The van der Waals surface area contributed by atoms with Crippen molar-refractivity contribution in [1.82, 2.24) is 0 Å². The first-order valence-corrected chi connectivity index (χ1v) is 6.23. The fraction of sp³-hybridized carbons (Fsp3) is 0.462. The van der Waals surface area contributed by atoms with Crippen LogP contribution in [0.3, 0.4) is 0 Å². The second-order valence-corrected chi connectivity index (χ2v) is 4.91. The van der Waals surface area contributed by atoms with Crippen LogP contribution in [-0.2, 0) is 0 Å². The Hall–Kier alpha value is -1.26. The van der Waals surface area contributed by atoms with E-state index in [0.717, 1.165) is 5.69 Å². The fourth-order valence-electron chi connectivity index (χ4n) is 1.70. The second kappa shape index (κ2) is 6.61. The molecule has 18 heavy (non-hydrogen) atoms. The number of aliphatic hydroxyl groups excluding tert-OH is 1. The van der Waals surface area contributed by atoms with Gasteiger partial charge in [-0.15, -0.1) is 0 Å². The second-order valence-electron chi connectivity index (χ2n) is 4.51. The molecule has 5 heteroatoms. The molecule has 0 saturated heterocycles. The molecule has 0 aliphatic heterocycles. The van der Waals surface area contributed by atoms with Gasteiger partial charge in [-0.1, -0.05) is 25.4 Å². The van der Waals surface area contributed by atoms with Crippen LogP contribution in [0, 0.1) is 5.92 Å². The van der Waals surface area contributed by atoms with E-state index in [1.54, 1.807) is 12.1 Å². The number of aliphatic hydroxyl groups is 1. The number of hydrogen-bond acceptors (Lipinski definition) is 3. The Kier molecular flexibility index (Phi) is 5.44. The van der Waals surface area contributed by atoms with E-state index in [2.05, 4.69) is 19.2 Å². The molecule has 0 spiro atoms. The van der Waals surface area contributed by atoms with Crippen LogP contribution in [0.2, 0.25) is 5.02 Å². The lowest BCUT2D eigenvalue weighted by atomic mass is 10.0. The van der Waals surface area contributed by atoms with Crippen LogP contribution in [0.4, 0.5) is 5.69 Å². The van der Waals surface area contributed by atoms with E-state index in [9.17, 15) is 4.79 Å². The SMILES string of the molecule is CC(C)C(CCO)Nc1ccc(C(=O)O)c(Cl)c1. The van der Waals surface area contributed by atoms with Crippen molar-refractivity contribution in [2.75, 3.05) is 11.9 Å². The highest BCUT2D eigenvalue weighted by molar-refractivity contribution is 6.33. The number of hydrogen-bond donors (Lipinski definition) is 3. The number of carboxylic acids is 1. The van der Waals surface area contributed by atoms with E-state index >= 15 is 0 Å². The number of nitrogens with one attached hydrogen (secondary N) is 1. The fourth-order valence-corrected chi connectivity index (χ4v) is 1.97. The lowest BCUT2D eigenvalue weighted by Crippen LogP contribution is -2.26. The van der Waals surface area contributed by atoms with Crippen LogP contribution in [0.25, 0.3) is 0 Å². The molecule has 1 unspecified atom stereocenters. The lowest BCUT2D eigenvalue weighted by molar-refractivity contribution is 0.0697. The van der Waals surface area contributed by atoms with Gasteiger partial charge in [0.15, 0.2) is 0 Å². The van der Waals surface area contributed by atoms with Crippen molar-refractivity contribution < 1.29 is 15.0 Å². The summed E-state index contributed by atoms with van der Waals surface area (Å²) in [6, 6.07) is 4.88. The Bertz CT molecular complexity index is 421. The van der Waals surface area contributed by atoms with Gasteiger partial charge in [0.1, 0.15) is 0 Å². The van der Waals surface area contributed by atoms with E-state index in [1.165, 1.54) is 6.07 Å². The molecule has 0 heterocycles. The van der Waals surface area contributed by atoms with E-state index in [-0.39, 0.29) is 23.2 Å². The van der Waals surface area contributed by atoms with Crippen LogP contribution in [0.15, 0.2) is 18.2 Å². The maximum atomic E-state index is 10.8. The molecule has 0 aromatic heterocycles. The normalized spacial score (nSPS) is 12.5. The van der Waals surface area contributed by atoms with Crippen LogP contribution in [-0.4, -0.2) is 28.8 Å². The third kappa shape index (κ3) is 3.89. The molecule has 100 valence electrons. The summed E-state index contributed by atoms with van der Waals surface area (Å²) >= 11 is 5.89. The Morgan fingerprint density at radius 2 is 2.11 bits per heavy atom. The number of carboxylic acid groups (broad SMARTS) is 1. The third-order valence-electron chi connectivity index (χ3n) is 2.80. The molecular weight excluding hydrogens is 254 g/mol. The molecule has 0 aliphatic rings. The molecule has 0 aliphatic carbocycles. The average molecular weight is 272 g/mol. The van der Waals surface area contributed by atoms with Crippen molar-refractivity contribution in [3.8, 4) is 0 Å².